The van der Waals surface area contributed by atoms with Crippen molar-refractivity contribution in [2.45, 2.75) is 26.4 Å². The van der Waals surface area contributed by atoms with E-state index in [0.717, 1.165) is 17.7 Å². The number of rotatable bonds is 9. The molecule has 170 valence electrons. The molecule has 0 radical (unpaired) electrons. The quantitative estimate of drug-likeness (QED) is 0.232. The summed E-state index contributed by atoms with van der Waals surface area (Å²) < 4.78 is 16.1. The van der Waals surface area contributed by atoms with Gasteiger partial charge in [0.05, 0.1) is 12.7 Å². The van der Waals surface area contributed by atoms with Crippen molar-refractivity contribution < 1.29 is 23.5 Å². The van der Waals surface area contributed by atoms with Crippen LogP contribution in [0.1, 0.15) is 40.1 Å². The number of amides is 1. The molecule has 0 atom stereocenters. The Hall–Kier alpha value is -3.54. The number of hydrogen-bond donors (Lipinski definition) is 1. The van der Waals surface area contributed by atoms with Gasteiger partial charge < -0.3 is 19.2 Å². The van der Waals surface area contributed by atoms with E-state index < -0.39 is 11.9 Å². The van der Waals surface area contributed by atoms with Gasteiger partial charge in [-0.05, 0) is 42.8 Å². The number of thiophene rings is 1. The van der Waals surface area contributed by atoms with Crippen LogP contribution in [0, 0.1) is 11.3 Å². The van der Waals surface area contributed by atoms with Crippen molar-refractivity contribution in [2.24, 2.45) is 0 Å². The fourth-order valence-corrected chi connectivity index (χ4v) is 4.21. The van der Waals surface area contributed by atoms with Gasteiger partial charge in [-0.1, -0.05) is 31.0 Å². The van der Waals surface area contributed by atoms with Crippen LogP contribution in [0.5, 0.6) is 5.75 Å². The molecule has 0 saturated heterocycles. The number of nitrogens with one attached hydrogen (secondary N) is 1. The third-order valence-corrected chi connectivity index (χ3v) is 5.77. The van der Waals surface area contributed by atoms with E-state index in [4.69, 9.17) is 25.5 Å². The van der Waals surface area contributed by atoms with Gasteiger partial charge in [-0.15, -0.1) is 11.3 Å². The van der Waals surface area contributed by atoms with Crippen molar-refractivity contribution >= 4 is 45.9 Å². The van der Waals surface area contributed by atoms with Crippen LogP contribution >= 0.6 is 22.9 Å². The van der Waals surface area contributed by atoms with Gasteiger partial charge in [0.25, 0.3) is 5.91 Å². The Labute approximate surface area is 200 Å². The molecule has 7 nitrogen and oxygen atoms in total. The van der Waals surface area contributed by atoms with Gasteiger partial charge in [-0.2, -0.15) is 5.26 Å². The topological polar surface area (TPSA) is 102 Å². The number of esters is 1. The third-order valence-electron chi connectivity index (χ3n) is 4.42. The van der Waals surface area contributed by atoms with Crippen molar-refractivity contribution in [1.82, 2.24) is 0 Å². The number of nitriles is 1. The summed E-state index contributed by atoms with van der Waals surface area (Å²) in [6.07, 6.45) is 2.98. The number of carbonyl (C=O) groups excluding carboxylic acids is 2. The SMILES string of the molecule is CCCc1cc(C(=O)OC)c(NC(=O)/C(C#N)=C/c2ccc(COc3cccc(Cl)c3)o2)s1. The molecule has 0 saturated carbocycles. The van der Waals surface area contributed by atoms with Crippen LogP contribution in [0.25, 0.3) is 6.08 Å². The first-order valence-electron chi connectivity index (χ1n) is 10.0. The lowest BCUT2D eigenvalue weighted by atomic mass is 10.2. The minimum absolute atomic E-state index is 0.153. The monoisotopic (exact) mass is 484 g/mol. The second-order valence-electron chi connectivity index (χ2n) is 6.87. The highest BCUT2D eigenvalue weighted by Crippen LogP contribution is 2.30. The van der Waals surface area contributed by atoms with E-state index in [1.807, 2.05) is 13.0 Å². The summed E-state index contributed by atoms with van der Waals surface area (Å²) in [5.74, 6) is 0.210. The zero-order valence-corrected chi connectivity index (χ0v) is 19.6. The smallest absolute Gasteiger partial charge is 0.340 e. The van der Waals surface area contributed by atoms with Crippen LogP contribution in [0.4, 0.5) is 5.00 Å². The van der Waals surface area contributed by atoms with Gasteiger partial charge in [-0.3, -0.25) is 4.79 Å². The van der Waals surface area contributed by atoms with E-state index in [9.17, 15) is 14.9 Å². The number of aryl methyl sites for hydroxylation is 1. The maximum atomic E-state index is 12.7. The fourth-order valence-electron chi connectivity index (χ4n) is 2.89. The number of ether oxygens (including phenoxy) is 2. The molecule has 3 aromatic rings. The number of furan rings is 1. The lowest BCUT2D eigenvalue weighted by Gasteiger charge is -2.04. The van der Waals surface area contributed by atoms with Crippen LogP contribution in [0.3, 0.4) is 0 Å². The summed E-state index contributed by atoms with van der Waals surface area (Å²) in [5, 5.41) is 13.0. The summed E-state index contributed by atoms with van der Waals surface area (Å²) in [5.41, 5.74) is 0.0861. The second-order valence-corrected chi connectivity index (χ2v) is 8.44. The van der Waals surface area contributed by atoms with Crippen LogP contribution < -0.4 is 10.1 Å². The van der Waals surface area contributed by atoms with Crippen molar-refractivity contribution in [3.63, 3.8) is 0 Å². The summed E-state index contributed by atoms with van der Waals surface area (Å²) in [6, 6.07) is 13.9. The van der Waals surface area contributed by atoms with E-state index in [2.05, 4.69) is 5.32 Å². The van der Waals surface area contributed by atoms with Crippen LogP contribution in [0.15, 0.2) is 52.5 Å². The van der Waals surface area contributed by atoms with E-state index in [1.54, 1.807) is 42.5 Å². The van der Waals surface area contributed by atoms with Crippen LogP contribution in [-0.4, -0.2) is 19.0 Å². The zero-order valence-electron chi connectivity index (χ0n) is 18.0. The average Bonchev–Trinajstić information content (AvgIpc) is 3.42. The van der Waals surface area contributed by atoms with Gasteiger partial charge in [0.2, 0.25) is 0 Å². The molecule has 0 fully saturated rings. The highest BCUT2D eigenvalue weighted by atomic mass is 35.5. The number of carbonyl (C=O) groups is 2. The lowest BCUT2D eigenvalue weighted by molar-refractivity contribution is -0.112. The summed E-state index contributed by atoms with van der Waals surface area (Å²) in [6.45, 7) is 2.17. The zero-order chi connectivity index (χ0) is 23.8. The first-order chi connectivity index (χ1) is 15.9. The van der Waals surface area contributed by atoms with Gasteiger partial charge in [0, 0.05) is 16.0 Å². The van der Waals surface area contributed by atoms with Crippen LogP contribution in [0.2, 0.25) is 5.02 Å². The lowest BCUT2D eigenvalue weighted by Crippen LogP contribution is -2.15. The Kier molecular flexibility index (Phi) is 8.30. The molecular formula is C24H21ClN2O5S. The predicted octanol–water partition coefficient (Wildman–Crippen LogP) is 5.86. The van der Waals surface area contributed by atoms with E-state index in [-0.39, 0.29) is 17.7 Å². The molecule has 3 rings (SSSR count). The molecule has 9 heteroatoms. The molecule has 33 heavy (non-hydrogen) atoms. The number of halogens is 1. The molecular weight excluding hydrogens is 464 g/mol. The van der Waals surface area contributed by atoms with E-state index in [0.29, 0.717) is 27.3 Å². The highest BCUT2D eigenvalue weighted by molar-refractivity contribution is 7.16. The molecule has 0 aliphatic rings. The number of hydrogen-bond acceptors (Lipinski definition) is 7. The molecule has 2 aromatic heterocycles. The average molecular weight is 485 g/mol. The Balaban J connectivity index is 1.71. The van der Waals surface area contributed by atoms with Crippen molar-refractivity contribution in [3.05, 3.63) is 75.0 Å². The number of methoxy groups -OCH3 is 1. The Morgan fingerprint density at radius 1 is 1.27 bits per heavy atom. The Morgan fingerprint density at radius 2 is 2.09 bits per heavy atom. The van der Waals surface area contributed by atoms with Crippen molar-refractivity contribution in [2.75, 3.05) is 12.4 Å². The third kappa shape index (κ3) is 6.48. The molecule has 0 aliphatic heterocycles. The first-order valence-corrected chi connectivity index (χ1v) is 11.2. The Morgan fingerprint density at radius 3 is 2.79 bits per heavy atom. The molecule has 0 spiro atoms. The van der Waals surface area contributed by atoms with Gasteiger partial charge >= 0.3 is 5.97 Å². The van der Waals surface area contributed by atoms with Crippen LogP contribution in [-0.2, 0) is 22.6 Å². The predicted molar refractivity (Wildman–Crippen MR) is 126 cm³/mol. The highest BCUT2D eigenvalue weighted by Gasteiger charge is 2.20. The maximum Gasteiger partial charge on any atom is 0.340 e. The molecule has 0 bridgehead atoms. The number of anilines is 1. The van der Waals surface area contributed by atoms with Gasteiger partial charge in [0.1, 0.15) is 40.5 Å². The van der Waals surface area contributed by atoms with Crippen molar-refractivity contribution in [3.8, 4) is 11.8 Å². The molecule has 0 aliphatic carbocycles. The summed E-state index contributed by atoms with van der Waals surface area (Å²) in [4.78, 5) is 25.7. The van der Waals surface area contributed by atoms with E-state index >= 15 is 0 Å². The number of benzene rings is 1. The number of nitrogens with zero attached hydrogens (tertiary/aromatic N) is 1. The second kappa shape index (κ2) is 11.4. The minimum atomic E-state index is -0.652. The summed E-state index contributed by atoms with van der Waals surface area (Å²) >= 11 is 7.22. The van der Waals surface area contributed by atoms with Crippen molar-refractivity contribution in [1.29, 1.82) is 5.26 Å². The van der Waals surface area contributed by atoms with Gasteiger partial charge in [-0.25, -0.2) is 4.79 Å². The normalized spacial score (nSPS) is 11.0. The minimum Gasteiger partial charge on any atom is -0.486 e. The summed E-state index contributed by atoms with van der Waals surface area (Å²) in [7, 11) is 1.27. The maximum absolute atomic E-state index is 12.7. The molecule has 1 aromatic carbocycles. The fraction of sp³-hybridized carbons (Fsp3) is 0.208. The molecule has 2 heterocycles. The largest absolute Gasteiger partial charge is 0.486 e. The first kappa shape index (κ1) is 24.1. The van der Waals surface area contributed by atoms with E-state index in [1.165, 1.54) is 24.5 Å². The molecule has 1 amide bonds. The Bertz CT molecular complexity index is 1220. The molecule has 0 unspecified atom stereocenters. The molecule has 1 N–H and O–H groups in total. The van der Waals surface area contributed by atoms with Gasteiger partial charge in [0.15, 0.2) is 0 Å². The standard InChI is InChI=1S/C24H21ClN2O5S/c1-3-5-20-12-21(24(29)30-2)23(33-20)27-22(28)15(13-26)10-18-8-9-19(32-18)14-31-17-7-4-6-16(25)11-17/h4,6-12H,3,5,14H2,1-2H3,(H,27,28)/b15-10+.